The zero-order chi connectivity index (χ0) is 14.0. The molecule has 2 unspecified atom stereocenters. The molecule has 1 aromatic heterocycles. The maximum absolute atomic E-state index is 8.77. The lowest BCUT2D eigenvalue weighted by atomic mass is 10.1. The molecule has 0 saturated carbocycles. The van der Waals surface area contributed by atoms with Gasteiger partial charge in [0.2, 0.25) is 0 Å². The van der Waals surface area contributed by atoms with Gasteiger partial charge >= 0.3 is 0 Å². The average Bonchev–Trinajstić information content (AvgIpc) is 2.82. The molecular weight excluding hydrogens is 244 g/mol. The van der Waals surface area contributed by atoms with Gasteiger partial charge in [0, 0.05) is 24.9 Å². The van der Waals surface area contributed by atoms with Gasteiger partial charge in [0.25, 0.3) is 0 Å². The first-order chi connectivity index (χ1) is 9.02. The minimum atomic E-state index is 0.0934. The maximum atomic E-state index is 8.77. The van der Waals surface area contributed by atoms with Crippen LogP contribution in [0, 0.1) is 6.92 Å². The summed E-state index contributed by atoms with van der Waals surface area (Å²) in [5.41, 5.74) is 7.14. The van der Waals surface area contributed by atoms with Crippen LogP contribution in [0.3, 0.4) is 0 Å². The van der Waals surface area contributed by atoms with Crippen LogP contribution in [0.2, 0.25) is 0 Å². The predicted octanol–water partition coefficient (Wildman–Crippen LogP) is 1.10. The predicted molar refractivity (Wildman–Crippen MR) is 73.7 cm³/mol. The van der Waals surface area contributed by atoms with Gasteiger partial charge in [-0.3, -0.25) is 0 Å². The molecule has 104 valence electrons. The average molecular weight is 264 g/mol. The third-order valence-electron chi connectivity index (χ3n) is 3.54. The minimum Gasteiger partial charge on any atom is -0.409 e. The Kier molecular flexibility index (Phi) is 3.90. The molecule has 6 nitrogen and oxygen atoms in total. The number of pyridine rings is 1. The van der Waals surface area contributed by atoms with Gasteiger partial charge in [0.15, 0.2) is 5.84 Å². The normalized spacial score (nSPS) is 23.6. The van der Waals surface area contributed by atoms with E-state index in [1.54, 1.807) is 6.07 Å². The van der Waals surface area contributed by atoms with Crippen LogP contribution in [-0.4, -0.2) is 41.8 Å². The molecule has 0 radical (unpaired) electrons. The molecule has 0 amide bonds. The van der Waals surface area contributed by atoms with E-state index in [1.807, 2.05) is 20.0 Å². The van der Waals surface area contributed by atoms with Crippen molar-refractivity contribution >= 4 is 11.7 Å². The molecule has 1 aliphatic heterocycles. The smallest absolute Gasteiger partial charge is 0.170 e. The third-order valence-corrected chi connectivity index (χ3v) is 3.54. The van der Waals surface area contributed by atoms with Crippen molar-refractivity contribution in [3.05, 3.63) is 23.4 Å². The van der Waals surface area contributed by atoms with Crippen molar-refractivity contribution < 1.29 is 9.94 Å². The summed E-state index contributed by atoms with van der Waals surface area (Å²) < 4.78 is 5.58. The molecule has 0 aromatic carbocycles. The standard InChI is InChI=1S/C13H20N4O2/c1-8-6-10(13(14)16-18)7-12(15-8)17(3)11-4-5-19-9(11)2/h6-7,9,11,18H,4-5H2,1-3H3,(H2,14,16). The summed E-state index contributed by atoms with van der Waals surface area (Å²) in [7, 11) is 1.99. The molecular formula is C13H20N4O2. The molecule has 2 atom stereocenters. The van der Waals surface area contributed by atoms with Gasteiger partial charge in [-0.2, -0.15) is 0 Å². The van der Waals surface area contributed by atoms with Gasteiger partial charge in [-0.05, 0) is 32.4 Å². The summed E-state index contributed by atoms with van der Waals surface area (Å²) >= 11 is 0. The second-order valence-corrected chi connectivity index (χ2v) is 4.88. The van der Waals surface area contributed by atoms with Crippen LogP contribution in [0.25, 0.3) is 0 Å². The van der Waals surface area contributed by atoms with Crippen LogP contribution in [0.4, 0.5) is 5.82 Å². The van der Waals surface area contributed by atoms with Gasteiger partial charge < -0.3 is 20.6 Å². The first-order valence-corrected chi connectivity index (χ1v) is 6.34. The summed E-state index contributed by atoms with van der Waals surface area (Å²) in [5, 5.41) is 11.8. The van der Waals surface area contributed by atoms with Crippen LogP contribution in [0.5, 0.6) is 0 Å². The summed E-state index contributed by atoms with van der Waals surface area (Å²) in [5.74, 6) is 0.903. The lowest BCUT2D eigenvalue weighted by Crippen LogP contribution is -2.37. The van der Waals surface area contributed by atoms with Crippen molar-refractivity contribution in [2.75, 3.05) is 18.6 Å². The van der Waals surface area contributed by atoms with Gasteiger partial charge in [-0.25, -0.2) is 4.98 Å². The Hall–Kier alpha value is -1.82. The van der Waals surface area contributed by atoms with E-state index in [9.17, 15) is 0 Å². The fourth-order valence-corrected chi connectivity index (χ4v) is 2.44. The Balaban J connectivity index is 2.31. The van der Waals surface area contributed by atoms with Crippen LogP contribution >= 0.6 is 0 Å². The highest BCUT2D eigenvalue weighted by atomic mass is 16.5. The zero-order valence-electron chi connectivity index (χ0n) is 11.5. The van der Waals surface area contributed by atoms with Crippen molar-refractivity contribution in [3.8, 4) is 0 Å². The molecule has 2 heterocycles. The number of likely N-dealkylation sites (N-methyl/N-ethyl adjacent to an activating group) is 1. The van der Waals surface area contributed by atoms with Crippen LogP contribution in [-0.2, 0) is 4.74 Å². The molecule has 2 rings (SSSR count). The first kappa shape index (κ1) is 13.6. The van der Waals surface area contributed by atoms with Gasteiger partial charge in [0.05, 0.1) is 12.1 Å². The molecule has 3 N–H and O–H groups in total. The number of nitrogens with two attached hydrogens (primary N) is 1. The summed E-state index contributed by atoms with van der Waals surface area (Å²) in [4.78, 5) is 6.60. The van der Waals surface area contributed by atoms with E-state index in [1.165, 1.54) is 0 Å². The number of hydrogen-bond donors (Lipinski definition) is 2. The fraction of sp³-hybridized carbons (Fsp3) is 0.538. The Bertz CT molecular complexity index is 490. The van der Waals surface area contributed by atoms with E-state index in [0.717, 1.165) is 24.5 Å². The van der Waals surface area contributed by atoms with Crippen LogP contribution < -0.4 is 10.6 Å². The molecule has 1 saturated heterocycles. The summed E-state index contributed by atoms with van der Waals surface area (Å²) in [6.45, 7) is 4.73. The Morgan fingerprint density at radius 3 is 2.89 bits per heavy atom. The number of rotatable bonds is 3. The van der Waals surface area contributed by atoms with Crippen molar-refractivity contribution in [3.63, 3.8) is 0 Å². The largest absolute Gasteiger partial charge is 0.409 e. The fourth-order valence-electron chi connectivity index (χ4n) is 2.44. The van der Waals surface area contributed by atoms with Crippen molar-refractivity contribution in [2.45, 2.75) is 32.4 Å². The molecule has 1 fully saturated rings. The van der Waals surface area contributed by atoms with Gasteiger partial charge in [-0.15, -0.1) is 0 Å². The van der Waals surface area contributed by atoms with E-state index in [2.05, 4.69) is 22.0 Å². The van der Waals surface area contributed by atoms with E-state index >= 15 is 0 Å². The van der Waals surface area contributed by atoms with E-state index in [0.29, 0.717) is 11.6 Å². The number of hydrogen-bond acceptors (Lipinski definition) is 5. The quantitative estimate of drug-likeness (QED) is 0.369. The highest BCUT2D eigenvalue weighted by Crippen LogP contribution is 2.24. The van der Waals surface area contributed by atoms with Crippen molar-refractivity contribution in [1.29, 1.82) is 0 Å². The van der Waals surface area contributed by atoms with Crippen LogP contribution in [0.15, 0.2) is 17.3 Å². The molecule has 1 aromatic rings. The number of anilines is 1. The Morgan fingerprint density at radius 2 is 2.32 bits per heavy atom. The van der Waals surface area contributed by atoms with E-state index in [-0.39, 0.29) is 11.9 Å². The number of ether oxygens (including phenoxy) is 1. The van der Waals surface area contributed by atoms with Crippen molar-refractivity contribution in [2.24, 2.45) is 10.9 Å². The van der Waals surface area contributed by atoms with Gasteiger partial charge in [0.1, 0.15) is 5.82 Å². The topological polar surface area (TPSA) is 84.0 Å². The number of aromatic nitrogens is 1. The molecule has 6 heteroatoms. The molecule has 0 bridgehead atoms. The highest BCUT2D eigenvalue weighted by Gasteiger charge is 2.28. The summed E-state index contributed by atoms with van der Waals surface area (Å²) in [6, 6.07) is 3.92. The lowest BCUT2D eigenvalue weighted by Gasteiger charge is -2.28. The van der Waals surface area contributed by atoms with E-state index in [4.69, 9.17) is 15.7 Å². The second kappa shape index (κ2) is 5.44. The van der Waals surface area contributed by atoms with E-state index < -0.39 is 0 Å². The first-order valence-electron chi connectivity index (χ1n) is 6.34. The number of nitrogens with zero attached hydrogens (tertiary/aromatic N) is 3. The summed E-state index contributed by atoms with van der Waals surface area (Å²) in [6.07, 6.45) is 1.16. The SMILES string of the molecule is Cc1cc(/C(N)=N/O)cc(N(C)C2CCOC2C)n1. The monoisotopic (exact) mass is 264 g/mol. The third kappa shape index (κ3) is 2.78. The highest BCUT2D eigenvalue weighted by molar-refractivity contribution is 5.97. The molecule has 0 aliphatic carbocycles. The van der Waals surface area contributed by atoms with Crippen molar-refractivity contribution in [1.82, 2.24) is 4.98 Å². The molecule has 19 heavy (non-hydrogen) atoms. The lowest BCUT2D eigenvalue weighted by molar-refractivity contribution is 0.118. The molecule has 0 spiro atoms. The maximum Gasteiger partial charge on any atom is 0.170 e. The van der Waals surface area contributed by atoms with Gasteiger partial charge in [-0.1, -0.05) is 5.16 Å². The number of amidine groups is 1. The number of aryl methyl sites for hydroxylation is 1. The Labute approximate surface area is 112 Å². The Morgan fingerprint density at radius 1 is 1.58 bits per heavy atom. The van der Waals surface area contributed by atoms with Crippen LogP contribution in [0.1, 0.15) is 24.6 Å². The zero-order valence-corrected chi connectivity index (χ0v) is 11.5. The molecule has 1 aliphatic rings. The number of oxime groups is 1. The second-order valence-electron chi connectivity index (χ2n) is 4.88. The minimum absolute atomic E-state index is 0.0934.